The zero-order valence-electron chi connectivity index (χ0n) is 16.8. The summed E-state index contributed by atoms with van der Waals surface area (Å²) in [6.07, 6.45) is 4.05. The maximum atomic E-state index is 12.8. The fourth-order valence-corrected chi connectivity index (χ4v) is 4.70. The van der Waals surface area contributed by atoms with E-state index in [-0.39, 0.29) is 11.7 Å². The Labute approximate surface area is 178 Å². The first kappa shape index (κ1) is 20.4. The predicted molar refractivity (Wildman–Crippen MR) is 110 cm³/mol. The van der Waals surface area contributed by atoms with Crippen LogP contribution in [0.5, 0.6) is 0 Å². The summed E-state index contributed by atoms with van der Waals surface area (Å²) in [6, 6.07) is 9.34. The maximum Gasteiger partial charge on any atom is 0.344 e. The Balaban J connectivity index is 1.37. The summed E-state index contributed by atoms with van der Waals surface area (Å²) in [4.78, 5) is 37.5. The van der Waals surface area contributed by atoms with Crippen molar-refractivity contribution in [1.82, 2.24) is 30.5 Å². The third-order valence-corrected chi connectivity index (χ3v) is 6.49. The molecule has 1 aromatic carbocycles. The molecule has 2 fully saturated rings. The third-order valence-electron chi connectivity index (χ3n) is 5.52. The van der Waals surface area contributed by atoms with Gasteiger partial charge in [-0.3, -0.25) is 15.0 Å². The highest BCUT2D eigenvalue weighted by Gasteiger charge is 2.52. The number of carbonyl (C=O) groups is 3. The number of hydrogen-bond donors (Lipinski definition) is 2. The molecule has 9 nitrogen and oxygen atoms in total. The Morgan fingerprint density at radius 2 is 1.90 bits per heavy atom. The molecular formula is C20H24N6O3S. The SMILES string of the molecule is Cc1nnc(SCC(=O)NN2C(=O)NC3(CCCCC3)C2=O)n1Cc1ccccc1. The molecule has 0 unspecified atom stereocenters. The quantitative estimate of drug-likeness (QED) is 0.538. The summed E-state index contributed by atoms with van der Waals surface area (Å²) in [5.41, 5.74) is 2.69. The molecule has 4 amide bonds. The summed E-state index contributed by atoms with van der Waals surface area (Å²) in [7, 11) is 0. The molecule has 1 aliphatic carbocycles. The number of benzene rings is 1. The second kappa shape index (κ2) is 8.47. The number of carbonyl (C=O) groups excluding carboxylic acids is 3. The van der Waals surface area contributed by atoms with Gasteiger partial charge in [0, 0.05) is 0 Å². The molecule has 1 spiro atoms. The number of aromatic nitrogens is 3. The minimum absolute atomic E-state index is 0.0109. The Morgan fingerprint density at radius 1 is 1.17 bits per heavy atom. The van der Waals surface area contributed by atoms with Crippen molar-refractivity contribution in [3.63, 3.8) is 0 Å². The van der Waals surface area contributed by atoms with Gasteiger partial charge in [0.1, 0.15) is 11.4 Å². The molecule has 0 bridgehead atoms. The molecule has 2 N–H and O–H groups in total. The molecule has 158 valence electrons. The molecule has 30 heavy (non-hydrogen) atoms. The number of amides is 4. The Morgan fingerprint density at radius 3 is 2.63 bits per heavy atom. The Hall–Kier alpha value is -2.88. The van der Waals surface area contributed by atoms with Gasteiger partial charge in [-0.15, -0.1) is 10.2 Å². The summed E-state index contributed by atoms with van der Waals surface area (Å²) in [5, 5.41) is 12.5. The molecule has 2 aliphatic rings. The van der Waals surface area contributed by atoms with E-state index in [1.165, 1.54) is 11.8 Å². The molecule has 0 radical (unpaired) electrons. The monoisotopic (exact) mass is 428 g/mol. The summed E-state index contributed by atoms with van der Waals surface area (Å²) in [6.45, 7) is 2.45. The Bertz CT molecular complexity index is 955. The lowest BCUT2D eigenvalue weighted by Gasteiger charge is -2.30. The number of hydrogen-bond acceptors (Lipinski definition) is 6. The van der Waals surface area contributed by atoms with Gasteiger partial charge in [0.2, 0.25) is 5.91 Å². The Kier molecular flexibility index (Phi) is 5.76. The normalized spacial score (nSPS) is 18.0. The second-order valence-electron chi connectivity index (χ2n) is 7.64. The zero-order chi connectivity index (χ0) is 21.1. The average molecular weight is 429 g/mol. The number of urea groups is 1. The largest absolute Gasteiger partial charge is 0.344 e. The highest BCUT2D eigenvalue weighted by Crippen LogP contribution is 2.33. The molecule has 2 heterocycles. The summed E-state index contributed by atoms with van der Waals surface area (Å²) < 4.78 is 1.93. The maximum absolute atomic E-state index is 12.8. The van der Waals surface area contributed by atoms with Gasteiger partial charge >= 0.3 is 6.03 Å². The van der Waals surface area contributed by atoms with Crippen LogP contribution in [0.4, 0.5) is 4.79 Å². The standard InChI is InChI=1S/C20H24N6O3S/c1-14-22-23-19(25(14)12-15-8-4-2-5-9-15)30-13-16(27)24-26-17(28)20(21-18(26)29)10-6-3-7-11-20/h2,4-5,8-9H,3,6-7,10-13H2,1H3,(H,21,29)(H,24,27). The van der Waals surface area contributed by atoms with Crippen molar-refractivity contribution in [3.8, 4) is 0 Å². The van der Waals surface area contributed by atoms with Crippen LogP contribution in [0.25, 0.3) is 0 Å². The van der Waals surface area contributed by atoms with Crippen molar-refractivity contribution in [2.75, 3.05) is 5.75 Å². The molecule has 1 aromatic heterocycles. The lowest BCUT2D eigenvalue weighted by Crippen LogP contribution is -2.51. The second-order valence-corrected chi connectivity index (χ2v) is 8.58. The van der Waals surface area contributed by atoms with Gasteiger partial charge in [-0.05, 0) is 25.3 Å². The number of thioether (sulfide) groups is 1. The summed E-state index contributed by atoms with van der Waals surface area (Å²) >= 11 is 1.22. The van der Waals surface area contributed by atoms with E-state index in [1.54, 1.807) is 0 Å². The van der Waals surface area contributed by atoms with Gasteiger partial charge in [0.15, 0.2) is 5.16 Å². The highest BCUT2D eigenvalue weighted by atomic mass is 32.2. The van der Waals surface area contributed by atoms with E-state index >= 15 is 0 Å². The first-order valence-corrected chi connectivity index (χ1v) is 11.0. The average Bonchev–Trinajstić information content (AvgIpc) is 3.20. The molecule has 1 aliphatic heterocycles. The van der Waals surface area contributed by atoms with Crippen LogP contribution >= 0.6 is 11.8 Å². The number of aryl methyl sites for hydroxylation is 1. The minimum atomic E-state index is -0.858. The van der Waals surface area contributed by atoms with E-state index in [0.717, 1.165) is 35.7 Å². The molecule has 1 saturated heterocycles. The van der Waals surface area contributed by atoms with E-state index in [4.69, 9.17) is 0 Å². The van der Waals surface area contributed by atoms with Gasteiger partial charge in [-0.2, -0.15) is 5.01 Å². The van der Waals surface area contributed by atoms with Crippen LogP contribution in [-0.2, 0) is 16.1 Å². The summed E-state index contributed by atoms with van der Waals surface area (Å²) in [5.74, 6) is -0.0521. The molecule has 4 rings (SSSR count). The van der Waals surface area contributed by atoms with Gasteiger partial charge in [0.25, 0.3) is 5.91 Å². The van der Waals surface area contributed by atoms with Gasteiger partial charge in [-0.25, -0.2) is 4.79 Å². The fourth-order valence-electron chi connectivity index (χ4n) is 3.92. The van der Waals surface area contributed by atoms with Crippen LogP contribution in [0, 0.1) is 6.92 Å². The van der Waals surface area contributed by atoms with Crippen LogP contribution in [0.3, 0.4) is 0 Å². The lowest BCUT2D eigenvalue weighted by atomic mass is 9.82. The number of imide groups is 1. The van der Waals surface area contributed by atoms with Crippen LogP contribution in [-0.4, -0.2) is 48.9 Å². The topological polar surface area (TPSA) is 109 Å². The third kappa shape index (κ3) is 4.04. The van der Waals surface area contributed by atoms with E-state index in [2.05, 4.69) is 20.9 Å². The molecule has 0 atom stereocenters. The number of rotatable bonds is 6. The predicted octanol–water partition coefficient (Wildman–Crippen LogP) is 2.01. The molecular weight excluding hydrogens is 404 g/mol. The molecule has 1 saturated carbocycles. The van der Waals surface area contributed by atoms with Gasteiger partial charge in [0.05, 0.1) is 12.3 Å². The minimum Gasteiger partial charge on any atom is -0.322 e. The van der Waals surface area contributed by atoms with Gasteiger partial charge in [-0.1, -0.05) is 61.4 Å². The lowest BCUT2D eigenvalue weighted by molar-refractivity contribution is -0.139. The fraction of sp³-hybridized carbons (Fsp3) is 0.450. The van der Waals surface area contributed by atoms with Crippen molar-refractivity contribution in [3.05, 3.63) is 41.7 Å². The zero-order valence-corrected chi connectivity index (χ0v) is 17.6. The van der Waals surface area contributed by atoms with Crippen molar-refractivity contribution in [1.29, 1.82) is 0 Å². The van der Waals surface area contributed by atoms with E-state index in [1.807, 2.05) is 41.8 Å². The van der Waals surface area contributed by atoms with Crippen LogP contribution in [0.1, 0.15) is 43.5 Å². The number of hydrazine groups is 1. The van der Waals surface area contributed by atoms with Gasteiger partial charge < -0.3 is 9.88 Å². The number of nitrogens with one attached hydrogen (secondary N) is 2. The number of nitrogens with zero attached hydrogens (tertiary/aromatic N) is 4. The van der Waals surface area contributed by atoms with E-state index in [0.29, 0.717) is 24.5 Å². The van der Waals surface area contributed by atoms with Crippen LogP contribution in [0.15, 0.2) is 35.5 Å². The molecule has 2 aromatic rings. The van der Waals surface area contributed by atoms with Crippen molar-refractivity contribution in [2.24, 2.45) is 0 Å². The van der Waals surface area contributed by atoms with E-state index in [9.17, 15) is 14.4 Å². The van der Waals surface area contributed by atoms with E-state index < -0.39 is 17.5 Å². The van der Waals surface area contributed by atoms with Crippen molar-refractivity contribution in [2.45, 2.75) is 56.3 Å². The van der Waals surface area contributed by atoms with Crippen molar-refractivity contribution >= 4 is 29.6 Å². The first-order chi connectivity index (χ1) is 14.5. The van der Waals surface area contributed by atoms with Crippen LogP contribution in [0.2, 0.25) is 0 Å². The first-order valence-electron chi connectivity index (χ1n) is 10.0. The van der Waals surface area contributed by atoms with Crippen molar-refractivity contribution < 1.29 is 14.4 Å². The molecule has 10 heteroatoms. The van der Waals surface area contributed by atoms with Crippen LogP contribution < -0.4 is 10.7 Å². The smallest absolute Gasteiger partial charge is 0.322 e. The highest BCUT2D eigenvalue weighted by molar-refractivity contribution is 7.99.